The van der Waals surface area contributed by atoms with Crippen LogP contribution in [0.5, 0.6) is 0 Å². The Labute approximate surface area is 175 Å². The van der Waals surface area contributed by atoms with E-state index in [0.717, 1.165) is 29.8 Å². The zero-order valence-electron chi connectivity index (χ0n) is 17.4. The fraction of sp³-hybridized carbons (Fsp3) is 0.455. The van der Waals surface area contributed by atoms with Crippen LogP contribution in [-0.4, -0.2) is 52.9 Å². The number of aromatic nitrogens is 2. The summed E-state index contributed by atoms with van der Waals surface area (Å²) in [6, 6.07) is 7.42. The molecule has 2 amide bonds. The minimum Gasteiger partial charge on any atom is -0.354 e. The van der Waals surface area contributed by atoms with Gasteiger partial charge in [0.05, 0.1) is 5.69 Å². The molecule has 1 atom stereocenters. The minimum atomic E-state index is -0.252. The molecule has 1 aromatic carbocycles. The van der Waals surface area contributed by atoms with Crippen molar-refractivity contribution in [3.8, 4) is 0 Å². The number of aryl methyl sites for hydroxylation is 1. The van der Waals surface area contributed by atoms with Crippen molar-refractivity contribution in [3.05, 3.63) is 51.4 Å². The van der Waals surface area contributed by atoms with E-state index in [0.29, 0.717) is 44.1 Å². The molecule has 3 heterocycles. The molecule has 1 aromatic heterocycles. The molecular formula is C22H27N5O3. The van der Waals surface area contributed by atoms with E-state index in [1.54, 1.807) is 4.90 Å². The van der Waals surface area contributed by atoms with Crippen LogP contribution >= 0.6 is 0 Å². The predicted molar refractivity (Wildman–Crippen MR) is 115 cm³/mol. The normalized spacial score (nSPS) is 19.1. The van der Waals surface area contributed by atoms with E-state index in [4.69, 9.17) is 0 Å². The van der Waals surface area contributed by atoms with Crippen LogP contribution in [0.3, 0.4) is 0 Å². The largest absolute Gasteiger partial charge is 0.354 e. The van der Waals surface area contributed by atoms with Gasteiger partial charge in [0.25, 0.3) is 5.56 Å². The highest BCUT2D eigenvalue weighted by atomic mass is 16.2. The van der Waals surface area contributed by atoms with Gasteiger partial charge in [-0.1, -0.05) is 12.1 Å². The van der Waals surface area contributed by atoms with Gasteiger partial charge < -0.3 is 15.1 Å². The zero-order chi connectivity index (χ0) is 21.3. The number of hydrogen-bond donors (Lipinski definition) is 2. The van der Waals surface area contributed by atoms with Crippen molar-refractivity contribution in [1.29, 1.82) is 0 Å². The van der Waals surface area contributed by atoms with Gasteiger partial charge in [0, 0.05) is 56.7 Å². The van der Waals surface area contributed by atoms with E-state index in [2.05, 4.69) is 15.3 Å². The number of hydrogen-bond acceptors (Lipinski definition) is 5. The van der Waals surface area contributed by atoms with Gasteiger partial charge >= 0.3 is 0 Å². The lowest BCUT2D eigenvalue weighted by Crippen LogP contribution is -2.30. The van der Waals surface area contributed by atoms with Crippen molar-refractivity contribution < 1.29 is 9.59 Å². The monoisotopic (exact) mass is 409 g/mol. The van der Waals surface area contributed by atoms with E-state index in [-0.39, 0.29) is 23.3 Å². The lowest BCUT2D eigenvalue weighted by molar-refractivity contribution is -0.127. The molecule has 2 aromatic rings. The van der Waals surface area contributed by atoms with E-state index in [9.17, 15) is 14.4 Å². The first-order valence-electron chi connectivity index (χ1n) is 10.4. The summed E-state index contributed by atoms with van der Waals surface area (Å²) in [5, 5.41) is 3.11. The van der Waals surface area contributed by atoms with Gasteiger partial charge in [-0.25, -0.2) is 4.98 Å². The van der Waals surface area contributed by atoms with Crippen LogP contribution in [0.25, 0.3) is 0 Å². The number of anilines is 2. The minimum absolute atomic E-state index is 0.0397. The molecule has 30 heavy (non-hydrogen) atoms. The third kappa shape index (κ3) is 4.08. The summed E-state index contributed by atoms with van der Waals surface area (Å²) < 4.78 is 0. The first-order chi connectivity index (χ1) is 14.4. The van der Waals surface area contributed by atoms with E-state index in [1.807, 2.05) is 36.9 Å². The molecule has 0 spiro atoms. The summed E-state index contributed by atoms with van der Waals surface area (Å²) in [4.78, 5) is 47.4. The molecule has 0 unspecified atom stereocenters. The third-order valence-electron chi connectivity index (χ3n) is 6.02. The molecule has 2 aliphatic heterocycles. The fourth-order valence-corrected chi connectivity index (χ4v) is 4.19. The van der Waals surface area contributed by atoms with Gasteiger partial charge in [-0.15, -0.1) is 0 Å². The second-order valence-corrected chi connectivity index (χ2v) is 8.05. The van der Waals surface area contributed by atoms with Crippen molar-refractivity contribution in [2.75, 3.05) is 36.4 Å². The van der Waals surface area contributed by atoms with Gasteiger partial charge in [-0.3, -0.25) is 19.4 Å². The highest BCUT2D eigenvalue weighted by Crippen LogP contribution is 2.33. The molecule has 0 saturated carbocycles. The van der Waals surface area contributed by atoms with Crippen LogP contribution in [0.4, 0.5) is 11.6 Å². The van der Waals surface area contributed by atoms with Crippen molar-refractivity contribution >= 4 is 23.5 Å². The Morgan fingerprint density at radius 3 is 2.80 bits per heavy atom. The van der Waals surface area contributed by atoms with Crippen LogP contribution in [0.1, 0.15) is 42.0 Å². The Bertz CT molecular complexity index is 1030. The highest BCUT2D eigenvalue weighted by Gasteiger charge is 2.33. The Kier molecular flexibility index (Phi) is 5.57. The Balaban J connectivity index is 1.46. The number of nitrogens with one attached hydrogen (secondary N) is 2. The Morgan fingerprint density at radius 1 is 1.20 bits per heavy atom. The third-order valence-corrected chi connectivity index (χ3v) is 6.02. The molecule has 158 valence electrons. The lowest BCUT2D eigenvalue weighted by Gasteiger charge is -2.20. The van der Waals surface area contributed by atoms with Crippen molar-refractivity contribution in [2.45, 2.75) is 39.0 Å². The molecule has 0 radical (unpaired) electrons. The first-order valence-corrected chi connectivity index (χ1v) is 10.4. The predicted octanol–water partition coefficient (Wildman–Crippen LogP) is 1.94. The van der Waals surface area contributed by atoms with Crippen molar-refractivity contribution in [1.82, 2.24) is 14.9 Å². The summed E-state index contributed by atoms with van der Waals surface area (Å²) in [6.45, 7) is 6.42. The smallest absolute Gasteiger partial charge is 0.252 e. The Morgan fingerprint density at radius 2 is 2.03 bits per heavy atom. The van der Waals surface area contributed by atoms with Crippen molar-refractivity contribution in [2.24, 2.45) is 0 Å². The average molecular weight is 409 g/mol. The SMILES string of the molecule is Cc1cccc(N2C[C@@H](c3cc(=O)[nH]c(NCCN4CCCC4=O)n3)CC2=O)c1C. The van der Waals surface area contributed by atoms with Crippen LogP contribution in [-0.2, 0) is 9.59 Å². The van der Waals surface area contributed by atoms with Gasteiger partial charge in [-0.2, -0.15) is 0 Å². The Hall–Kier alpha value is -3.16. The van der Waals surface area contributed by atoms with E-state index in [1.165, 1.54) is 6.07 Å². The maximum absolute atomic E-state index is 12.7. The lowest BCUT2D eigenvalue weighted by atomic mass is 10.0. The topological polar surface area (TPSA) is 98.4 Å². The molecule has 8 heteroatoms. The maximum atomic E-state index is 12.7. The summed E-state index contributed by atoms with van der Waals surface area (Å²) >= 11 is 0. The number of aromatic amines is 1. The molecule has 2 fully saturated rings. The zero-order valence-corrected chi connectivity index (χ0v) is 17.4. The van der Waals surface area contributed by atoms with Gasteiger partial charge in [-0.05, 0) is 37.5 Å². The van der Waals surface area contributed by atoms with Crippen LogP contribution in [0.15, 0.2) is 29.1 Å². The summed E-state index contributed by atoms with van der Waals surface area (Å²) in [5.74, 6) is 0.447. The molecule has 2 aliphatic rings. The number of H-pyrrole nitrogens is 1. The molecule has 2 N–H and O–H groups in total. The second-order valence-electron chi connectivity index (χ2n) is 8.05. The number of likely N-dealkylation sites (tertiary alicyclic amines) is 1. The summed E-state index contributed by atoms with van der Waals surface area (Å²) in [5.41, 5.74) is 3.50. The number of nitrogens with zero attached hydrogens (tertiary/aromatic N) is 3. The van der Waals surface area contributed by atoms with Crippen LogP contribution < -0.4 is 15.8 Å². The highest BCUT2D eigenvalue weighted by molar-refractivity contribution is 5.97. The van der Waals surface area contributed by atoms with Gasteiger partial charge in [0.2, 0.25) is 17.8 Å². The van der Waals surface area contributed by atoms with Crippen LogP contribution in [0, 0.1) is 13.8 Å². The van der Waals surface area contributed by atoms with Crippen molar-refractivity contribution in [3.63, 3.8) is 0 Å². The first kappa shape index (κ1) is 20.1. The number of benzene rings is 1. The van der Waals surface area contributed by atoms with Gasteiger partial charge in [0.1, 0.15) is 0 Å². The van der Waals surface area contributed by atoms with Gasteiger partial charge in [0.15, 0.2) is 0 Å². The molecule has 8 nitrogen and oxygen atoms in total. The molecule has 4 rings (SSSR count). The standard InChI is InChI=1S/C22H27N5O3/c1-14-5-3-6-18(15(14)2)27-13-16(11-21(27)30)17-12-19(28)25-22(24-17)23-8-10-26-9-4-7-20(26)29/h3,5-6,12,16H,4,7-11,13H2,1-2H3,(H2,23,24,25,28)/t16-/m0/s1. The average Bonchev–Trinajstić information content (AvgIpc) is 3.29. The maximum Gasteiger partial charge on any atom is 0.252 e. The van der Waals surface area contributed by atoms with E-state index < -0.39 is 0 Å². The van der Waals surface area contributed by atoms with Crippen LogP contribution in [0.2, 0.25) is 0 Å². The quantitative estimate of drug-likeness (QED) is 0.760. The molecular weight excluding hydrogens is 382 g/mol. The molecule has 2 saturated heterocycles. The number of rotatable bonds is 6. The summed E-state index contributed by atoms with van der Waals surface area (Å²) in [6.07, 6.45) is 1.83. The number of carbonyl (C=O) groups is 2. The number of amides is 2. The second kappa shape index (κ2) is 8.30. The fourth-order valence-electron chi connectivity index (χ4n) is 4.19. The molecule has 0 aliphatic carbocycles. The summed E-state index contributed by atoms with van der Waals surface area (Å²) in [7, 11) is 0. The number of carbonyl (C=O) groups excluding carboxylic acids is 2. The van der Waals surface area contributed by atoms with E-state index >= 15 is 0 Å². The molecule has 0 bridgehead atoms.